The number of carbonyl (C=O) groups excluding carboxylic acids is 3. The van der Waals surface area contributed by atoms with Crippen LogP contribution in [0.3, 0.4) is 0 Å². The molecule has 3 aliphatic heterocycles. The van der Waals surface area contributed by atoms with Crippen LogP contribution in [-0.2, 0) is 24.0 Å². The number of ether oxygens (including phenoxy) is 1. The minimum atomic E-state index is -1.43. The van der Waals surface area contributed by atoms with Crippen molar-refractivity contribution in [3.8, 4) is 0 Å². The molecule has 14 heteroatoms. The minimum Gasteiger partial charge on any atom is -0.543 e. The van der Waals surface area contributed by atoms with Crippen LogP contribution in [-0.4, -0.2) is 70.4 Å². The van der Waals surface area contributed by atoms with Gasteiger partial charge in [-0.15, -0.1) is 11.8 Å². The van der Waals surface area contributed by atoms with E-state index in [1.165, 1.54) is 30.0 Å². The van der Waals surface area contributed by atoms with Gasteiger partial charge in [0, 0.05) is 18.6 Å². The van der Waals surface area contributed by atoms with Gasteiger partial charge in [0.15, 0.2) is 10.8 Å². The molecule has 3 atom stereocenters. The molecule has 0 radical (unpaired) electrons. The molecule has 1 aromatic rings. The largest absolute Gasteiger partial charge is 1.00 e. The van der Waals surface area contributed by atoms with Gasteiger partial charge in [-0.1, -0.05) is 16.5 Å². The zero-order chi connectivity index (χ0) is 21.4. The van der Waals surface area contributed by atoms with E-state index < -0.39 is 29.2 Å². The number of aromatic nitrogens is 1. The van der Waals surface area contributed by atoms with Gasteiger partial charge in [0.25, 0.3) is 11.8 Å². The second kappa shape index (κ2) is 9.88. The van der Waals surface area contributed by atoms with Crippen LogP contribution < -0.4 is 45.7 Å². The summed E-state index contributed by atoms with van der Waals surface area (Å²) >= 11 is 2.41. The van der Waals surface area contributed by atoms with Gasteiger partial charge in [-0.05, 0) is 18.4 Å². The van der Waals surface area contributed by atoms with Crippen LogP contribution in [0.15, 0.2) is 22.6 Å². The molecular weight excluding hydrogens is 457 g/mol. The number of β-lactam (4-membered cyclic amide) rings is 1. The molecule has 0 spiro atoms. The summed E-state index contributed by atoms with van der Waals surface area (Å²) in [5, 5.41) is 17.8. The first-order valence-electron chi connectivity index (χ1n) is 9.06. The molecule has 2 saturated heterocycles. The number of carbonyl (C=O) groups is 3. The average molecular weight is 475 g/mol. The number of thiazole rings is 1. The normalized spacial score (nSPS) is 25.5. The number of anilines is 1. The molecule has 11 nitrogen and oxygen atoms in total. The van der Waals surface area contributed by atoms with Crippen molar-refractivity contribution in [3.05, 3.63) is 22.3 Å². The number of aliphatic carboxylic acids is 1. The number of fused-ring (bicyclic) bond motifs is 1. The summed E-state index contributed by atoms with van der Waals surface area (Å²) in [5.74, 6) is -2.23. The first-order chi connectivity index (χ1) is 14.4. The summed E-state index contributed by atoms with van der Waals surface area (Å²) in [5.41, 5.74) is 5.93. The monoisotopic (exact) mass is 475 g/mol. The third-order valence-electron chi connectivity index (χ3n) is 4.95. The van der Waals surface area contributed by atoms with Gasteiger partial charge in [-0.2, -0.15) is 0 Å². The number of nitrogens with one attached hydrogen (secondary N) is 1. The maximum absolute atomic E-state index is 12.8. The van der Waals surface area contributed by atoms with Gasteiger partial charge in [-0.3, -0.25) is 14.5 Å². The summed E-state index contributed by atoms with van der Waals surface area (Å²) in [7, 11) is 1.29. The van der Waals surface area contributed by atoms with Gasteiger partial charge in [0.2, 0.25) is 0 Å². The zero-order valence-corrected chi connectivity index (χ0v) is 20.5. The fourth-order valence-corrected chi connectivity index (χ4v) is 5.70. The van der Waals surface area contributed by atoms with E-state index in [2.05, 4.69) is 15.5 Å². The summed E-state index contributed by atoms with van der Waals surface area (Å²) in [6, 6.07) is -0.907. The van der Waals surface area contributed by atoms with Crippen LogP contribution in [0.1, 0.15) is 17.7 Å². The van der Waals surface area contributed by atoms with Crippen molar-refractivity contribution >= 4 is 51.7 Å². The maximum Gasteiger partial charge on any atom is 1.00 e. The Kier molecular flexibility index (Phi) is 7.65. The van der Waals surface area contributed by atoms with Crippen molar-refractivity contribution in [3.63, 3.8) is 0 Å². The number of thioether (sulfide) groups is 1. The van der Waals surface area contributed by atoms with Crippen LogP contribution in [0, 0.1) is 0 Å². The number of rotatable bonds is 6. The number of carboxylic acid groups (broad SMARTS) is 1. The molecule has 3 aliphatic rings. The second-order valence-corrected chi connectivity index (χ2v) is 8.88. The molecule has 0 aromatic carbocycles. The van der Waals surface area contributed by atoms with Crippen molar-refractivity contribution in [1.29, 1.82) is 0 Å². The molecular formula is C17H18N5NaO6S2. The van der Waals surface area contributed by atoms with Crippen LogP contribution in [0.4, 0.5) is 5.13 Å². The fourth-order valence-electron chi connectivity index (χ4n) is 3.63. The minimum absolute atomic E-state index is 0. The third kappa shape index (κ3) is 4.47. The maximum atomic E-state index is 12.8. The van der Waals surface area contributed by atoms with Crippen molar-refractivity contribution < 1.29 is 58.6 Å². The number of amides is 2. The fraction of sp³-hybridized carbons (Fsp3) is 0.471. The van der Waals surface area contributed by atoms with Crippen molar-refractivity contribution in [2.45, 2.75) is 30.4 Å². The Morgan fingerprint density at radius 3 is 2.84 bits per heavy atom. The number of hydrogen-bond donors (Lipinski definition) is 2. The van der Waals surface area contributed by atoms with E-state index in [0.717, 1.165) is 17.8 Å². The van der Waals surface area contributed by atoms with Gasteiger partial charge in [0.05, 0.1) is 22.6 Å². The molecule has 4 rings (SSSR count). The average Bonchev–Trinajstić information content (AvgIpc) is 3.40. The van der Waals surface area contributed by atoms with Crippen LogP contribution >= 0.6 is 23.1 Å². The summed E-state index contributed by atoms with van der Waals surface area (Å²) < 4.78 is 5.60. The van der Waals surface area contributed by atoms with Crippen LogP contribution in [0.2, 0.25) is 0 Å². The van der Waals surface area contributed by atoms with Crippen molar-refractivity contribution in [2.24, 2.45) is 5.16 Å². The second-order valence-electron chi connectivity index (χ2n) is 6.71. The molecule has 2 amide bonds. The smallest absolute Gasteiger partial charge is 0.543 e. The number of nitrogen functional groups attached to an aromatic ring is 1. The van der Waals surface area contributed by atoms with Crippen molar-refractivity contribution in [1.82, 2.24) is 15.2 Å². The molecule has 2 fully saturated rings. The van der Waals surface area contributed by atoms with Crippen LogP contribution in [0.5, 0.6) is 0 Å². The molecule has 160 valence electrons. The number of carboxylic acids is 1. The van der Waals surface area contributed by atoms with E-state index >= 15 is 0 Å². The summed E-state index contributed by atoms with van der Waals surface area (Å²) in [6.45, 7) is 0.554. The zero-order valence-electron chi connectivity index (χ0n) is 16.8. The SMILES string of the molecule is CO/N=C(/C(=O)N[C@@H]1C(=O)N2C(C(=O)[O-])=C([C@@H]3CCCO3)CS[C@H]12)c1cnc(N)s1.[Na+]. The molecule has 0 unspecified atom stereocenters. The van der Waals surface area contributed by atoms with E-state index in [0.29, 0.717) is 29.2 Å². The Bertz CT molecular complexity index is 961. The van der Waals surface area contributed by atoms with Gasteiger partial charge in [-0.25, -0.2) is 4.98 Å². The Balaban J connectivity index is 0.00000272. The number of oxime groups is 1. The standard InChI is InChI=1S/C17H19N5O6S2.Na/c1-27-21-10(9-5-19-17(18)30-9)13(23)20-11-14(24)22-12(16(25)26)7(6-29-15(11)22)8-3-2-4-28-8;/h5,8,11,15H,2-4,6H2,1H3,(H2,18,19)(H,20,23)(H,25,26);/q;+1/p-1/b21-10+;/t8-,11+,15+;/m0./s1. The first kappa shape index (κ1) is 24.0. The van der Waals surface area contributed by atoms with E-state index in [4.69, 9.17) is 15.3 Å². The molecule has 31 heavy (non-hydrogen) atoms. The van der Waals surface area contributed by atoms with Crippen molar-refractivity contribution in [2.75, 3.05) is 25.2 Å². The van der Waals surface area contributed by atoms with Crippen LogP contribution in [0.25, 0.3) is 0 Å². The Morgan fingerprint density at radius 1 is 1.48 bits per heavy atom. The number of nitrogens with two attached hydrogens (primary N) is 1. The summed E-state index contributed by atoms with van der Waals surface area (Å²) in [4.78, 5) is 47.4. The Morgan fingerprint density at radius 2 is 2.26 bits per heavy atom. The van der Waals surface area contributed by atoms with E-state index in [1.54, 1.807) is 0 Å². The molecule has 4 heterocycles. The molecule has 0 saturated carbocycles. The van der Waals surface area contributed by atoms with Gasteiger partial charge in [0.1, 0.15) is 18.5 Å². The van der Waals surface area contributed by atoms with E-state index in [1.807, 2.05) is 0 Å². The topological polar surface area (TPSA) is 159 Å². The number of hydrogen-bond acceptors (Lipinski definition) is 11. The van der Waals surface area contributed by atoms with E-state index in [9.17, 15) is 19.5 Å². The van der Waals surface area contributed by atoms with Gasteiger partial charge < -0.3 is 30.5 Å². The quantitative estimate of drug-likeness (QED) is 0.179. The molecule has 0 bridgehead atoms. The molecule has 1 aromatic heterocycles. The Hall–Kier alpha value is -1.64. The first-order valence-corrected chi connectivity index (χ1v) is 10.9. The third-order valence-corrected chi connectivity index (χ3v) is 7.09. The Labute approximate surface area is 207 Å². The predicted octanol–water partition coefficient (Wildman–Crippen LogP) is -4.34. The summed E-state index contributed by atoms with van der Waals surface area (Å²) in [6.07, 6.45) is 2.59. The van der Waals surface area contributed by atoms with E-state index in [-0.39, 0.29) is 52.2 Å². The molecule has 3 N–H and O–H groups in total. The number of nitrogens with zero attached hydrogens (tertiary/aromatic N) is 3. The van der Waals surface area contributed by atoms with Gasteiger partial charge >= 0.3 is 29.6 Å². The predicted molar refractivity (Wildman–Crippen MR) is 106 cm³/mol. The molecule has 0 aliphatic carbocycles.